The molecule has 1 heterocycles. The molecule has 1 rings (SSSR count). The van der Waals surface area contributed by atoms with Crippen LogP contribution in [0.3, 0.4) is 0 Å². The van der Waals surface area contributed by atoms with Crippen molar-refractivity contribution in [1.29, 1.82) is 0 Å². The van der Waals surface area contributed by atoms with Gasteiger partial charge in [0.2, 0.25) is 5.91 Å². The van der Waals surface area contributed by atoms with E-state index in [1.807, 2.05) is 0 Å². The van der Waals surface area contributed by atoms with E-state index >= 15 is 0 Å². The number of likely N-dealkylation sites (N-methyl/N-ethyl adjacent to an activating group) is 1. The van der Waals surface area contributed by atoms with E-state index in [9.17, 15) is 4.79 Å². The van der Waals surface area contributed by atoms with Crippen LogP contribution < -0.4 is 10.6 Å². The van der Waals surface area contributed by atoms with E-state index in [1.54, 1.807) is 7.05 Å². The van der Waals surface area contributed by atoms with Crippen molar-refractivity contribution in [1.82, 2.24) is 10.6 Å². The summed E-state index contributed by atoms with van der Waals surface area (Å²) in [6.45, 7) is 0.526. The van der Waals surface area contributed by atoms with Gasteiger partial charge in [-0.2, -0.15) is 0 Å². The van der Waals surface area contributed by atoms with E-state index in [0.717, 1.165) is 0 Å². The van der Waals surface area contributed by atoms with Crippen molar-refractivity contribution in [2.24, 2.45) is 0 Å². The third-order valence-electron chi connectivity index (χ3n) is 1.67. The molecule has 0 aliphatic carbocycles. The normalized spacial score (nSPS) is 32.2. The van der Waals surface area contributed by atoms with Gasteiger partial charge < -0.3 is 15.7 Å². The quantitative estimate of drug-likeness (QED) is 0.418. The molecule has 3 N–H and O–H groups in total. The summed E-state index contributed by atoms with van der Waals surface area (Å²) >= 11 is 0. The van der Waals surface area contributed by atoms with Gasteiger partial charge in [-0.3, -0.25) is 4.79 Å². The molecule has 0 aromatic heterocycles. The first-order valence-corrected chi connectivity index (χ1v) is 3.37. The Morgan fingerprint density at radius 3 is 2.90 bits per heavy atom. The molecule has 1 aliphatic rings. The number of carbonyl (C=O) groups is 1. The Labute approximate surface area is 59.6 Å². The van der Waals surface area contributed by atoms with Crippen LogP contribution in [0.2, 0.25) is 0 Å². The number of aliphatic hydroxyl groups is 1. The van der Waals surface area contributed by atoms with Gasteiger partial charge in [0, 0.05) is 13.6 Å². The monoisotopic (exact) mass is 144 g/mol. The summed E-state index contributed by atoms with van der Waals surface area (Å²) in [6, 6.07) is -0.194. The van der Waals surface area contributed by atoms with Gasteiger partial charge in [-0.1, -0.05) is 0 Å². The van der Waals surface area contributed by atoms with Gasteiger partial charge in [0.25, 0.3) is 0 Å². The maximum Gasteiger partial charge on any atom is 0.236 e. The SMILES string of the molecule is CNC(=O)[C@@H]1C[C@@H](O)CN1. The number of hydrogen-bond donors (Lipinski definition) is 3. The predicted molar refractivity (Wildman–Crippen MR) is 36.5 cm³/mol. The highest BCUT2D eigenvalue weighted by molar-refractivity contribution is 5.81. The van der Waals surface area contributed by atoms with Crippen molar-refractivity contribution in [2.75, 3.05) is 13.6 Å². The standard InChI is InChI=1S/C6H12N2O2/c1-7-6(10)5-2-4(9)3-8-5/h4-5,8-9H,2-3H2,1H3,(H,7,10)/t4-,5+/m1/s1. The van der Waals surface area contributed by atoms with Crippen LogP contribution in [0.25, 0.3) is 0 Å². The highest BCUT2D eigenvalue weighted by atomic mass is 16.3. The number of nitrogens with one attached hydrogen (secondary N) is 2. The summed E-state index contributed by atoms with van der Waals surface area (Å²) < 4.78 is 0. The smallest absolute Gasteiger partial charge is 0.236 e. The molecule has 4 nitrogen and oxygen atoms in total. The molecule has 10 heavy (non-hydrogen) atoms. The molecule has 1 aliphatic heterocycles. The second kappa shape index (κ2) is 2.98. The predicted octanol–water partition coefficient (Wildman–Crippen LogP) is -1.54. The summed E-state index contributed by atoms with van der Waals surface area (Å²) in [5.74, 6) is -0.0449. The number of rotatable bonds is 1. The van der Waals surface area contributed by atoms with Crippen molar-refractivity contribution in [3.8, 4) is 0 Å². The second-order valence-electron chi connectivity index (χ2n) is 2.46. The van der Waals surface area contributed by atoms with Gasteiger partial charge in [0.05, 0.1) is 12.1 Å². The highest BCUT2D eigenvalue weighted by Gasteiger charge is 2.26. The molecule has 0 aromatic carbocycles. The van der Waals surface area contributed by atoms with E-state index in [0.29, 0.717) is 13.0 Å². The van der Waals surface area contributed by atoms with Gasteiger partial charge in [-0.15, -0.1) is 0 Å². The molecule has 0 spiro atoms. The summed E-state index contributed by atoms with van der Waals surface area (Å²) in [5.41, 5.74) is 0. The Balaban J connectivity index is 2.37. The Kier molecular flexibility index (Phi) is 2.24. The van der Waals surface area contributed by atoms with Crippen molar-refractivity contribution in [3.63, 3.8) is 0 Å². The van der Waals surface area contributed by atoms with Crippen LogP contribution in [0.5, 0.6) is 0 Å². The Morgan fingerprint density at radius 1 is 1.80 bits per heavy atom. The third-order valence-corrected chi connectivity index (χ3v) is 1.67. The maximum absolute atomic E-state index is 10.9. The Bertz CT molecular complexity index is 138. The molecule has 58 valence electrons. The van der Waals surface area contributed by atoms with Crippen LogP contribution in [0.15, 0.2) is 0 Å². The molecule has 1 saturated heterocycles. The van der Waals surface area contributed by atoms with Gasteiger partial charge in [-0.25, -0.2) is 0 Å². The molecule has 0 bridgehead atoms. The largest absolute Gasteiger partial charge is 0.392 e. The van der Waals surface area contributed by atoms with Crippen LogP contribution in [-0.2, 0) is 4.79 Å². The minimum absolute atomic E-state index is 0.0449. The fraction of sp³-hybridized carbons (Fsp3) is 0.833. The zero-order chi connectivity index (χ0) is 7.56. The molecule has 0 radical (unpaired) electrons. The lowest BCUT2D eigenvalue weighted by Crippen LogP contribution is -2.38. The van der Waals surface area contributed by atoms with Gasteiger partial charge >= 0.3 is 0 Å². The Morgan fingerprint density at radius 2 is 2.50 bits per heavy atom. The van der Waals surface area contributed by atoms with E-state index in [2.05, 4.69) is 10.6 Å². The first-order chi connectivity index (χ1) is 4.74. The zero-order valence-corrected chi connectivity index (χ0v) is 5.92. The fourth-order valence-corrected chi connectivity index (χ4v) is 1.09. The molecule has 0 saturated carbocycles. The lowest BCUT2D eigenvalue weighted by Gasteiger charge is -2.06. The summed E-state index contributed by atoms with van der Waals surface area (Å²) in [5, 5.41) is 14.4. The average Bonchev–Trinajstić information content (AvgIpc) is 2.34. The fourth-order valence-electron chi connectivity index (χ4n) is 1.09. The van der Waals surface area contributed by atoms with Crippen molar-refractivity contribution >= 4 is 5.91 Å². The Hall–Kier alpha value is -0.610. The molecule has 1 amide bonds. The van der Waals surface area contributed by atoms with Crippen molar-refractivity contribution in [3.05, 3.63) is 0 Å². The number of β-amino-alcohol motifs (C(OH)–C–C–N with tert-alkyl or cyclic N) is 1. The van der Waals surface area contributed by atoms with Crippen LogP contribution >= 0.6 is 0 Å². The number of hydrogen-bond acceptors (Lipinski definition) is 3. The summed E-state index contributed by atoms with van der Waals surface area (Å²) in [4.78, 5) is 10.9. The summed E-state index contributed by atoms with van der Waals surface area (Å²) in [7, 11) is 1.59. The average molecular weight is 144 g/mol. The van der Waals surface area contributed by atoms with Gasteiger partial charge in [0.15, 0.2) is 0 Å². The minimum Gasteiger partial charge on any atom is -0.392 e. The van der Waals surface area contributed by atoms with E-state index < -0.39 is 0 Å². The minimum atomic E-state index is -0.359. The maximum atomic E-state index is 10.9. The first kappa shape index (κ1) is 7.50. The zero-order valence-electron chi connectivity index (χ0n) is 5.92. The number of carbonyl (C=O) groups excluding carboxylic acids is 1. The van der Waals surface area contributed by atoms with Crippen LogP contribution in [0.4, 0.5) is 0 Å². The van der Waals surface area contributed by atoms with Gasteiger partial charge in [0.1, 0.15) is 0 Å². The topological polar surface area (TPSA) is 61.4 Å². The lowest BCUT2D eigenvalue weighted by molar-refractivity contribution is -0.122. The number of aliphatic hydroxyl groups excluding tert-OH is 1. The van der Waals surface area contributed by atoms with Gasteiger partial charge in [-0.05, 0) is 6.42 Å². The number of amides is 1. The van der Waals surface area contributed by atoms with E-state index in [4.69, 9.17) is 5.11 Å². The molecule has 2 atom stereocenters. The summed E-state index contributed by atoms with van der Waals surface area (Å²) in [6.07, 6.45) is 0.168. The molecule has 0 unspecified atom stereocenters. The molecule has 0 aromatic rings. The second-order valence-corrected chi connectivity index (χ2v) is 2.46. The van der Waals surface area contributed by atoms with Crippen LogP contribution in [0.1, 0.15) is 6.42 Å². The molecular weight excluding hydrogens is 132 g/mol. The lowest BCUT2D eigenvalue weighted by atomic mass is 10.2. The molecule has 4 heteroatoms. The molecule has 1 fully saturated rings. The van der Waals surface area contributed by atoms with E-state index in [-0.39, 0.29) is 18.1 Å². The molecular formula is C6H12N2O2. The highest BCUT2D eigenvalue weighted by Crippen LogP contribution is 2.05. The van der Waals surface area contributed by atoms with Crippen LogP contribution in [-0.4, -0.2) is 36.8 Å². The first-order valence-electron chi connectivity index (χ1n) is 3.37. The third kappa shape index (κ3) is 1.46. The van der Waals surface area contributed by atoms with Crippen molar-refractivity contribution < 1.29 is 9.90 Å². The van der Waals surface area contributed by atoms with Crippen LogP contribution in [0, 0.1) is 0 Å². The van der Waals surface area contributed by atoms with E-state index in [1.165, 1.54) is 0 Å². The van der Waals surface area contributed by atoms with Crippen molar-refractivity contribution in [2.45, 2.75) is 18.6 Å².